The van der Waals surface area contributed by atoms with Gasteiger partial charge in [-0.05, 0) is 37.0 Å². The Hall–Kier alpha value is -1.34. The van der Waals surface area contributed by atoms with Gasteiger partial charge < -0.3 is 9.84 Å². The first-order valence-corrected chi connectivity index (χ1v) is 15.5. The number of thiol groups is 1. The van der Waals surface area contributed by atoms with Gasteiger partial charge in [0.25, 0.3) is 0 Å². The lowest BCUT2D eigenvalue weighted by Gasteiger charge is -2.54. The summed E-state index contributed by atoms with van der Waals surface area (Å²) in [7, 11) is 0. The van der Waals surface area contributed by atoms with Crippen LogP contribution < -0.4 is 5.30 Å². The molecule has 5 rings (SSSR count). The Morgan fingerprint density at radius 2 is 1.76 bits per heavy atom. The molecular formula is C28H35NO2PS+. The lowest BCUT2D eigenvalue weighted by atomic mass is 9.62. The number of hydrogen-bond donors (Lipinski definition) is 2. The van der Waals surface area contributed by atoms with E-state index in [1.165, 1.54) is 10.9 Å². The SMILES string of the molecule is C#CC1(O)CCCC2C[P+](S)(c3ccccc3)C(c3ccccc3)C(CN3CCOCC3)C21. The molecule has 2 heterocycles. The van der Waals surface area contributed by atoms with Crippen molar-refractivity contribution in [2.24, 2.45) is 17.8 Å². The summed E-state index contributed by atoms with van der Waals surface area (Å²) in [5.74, 6) is 3.62. The number of ether oxygens (including phenoxy) is 1. The highest BCUT2D eigenvalue weighted by atomic mass is 32.7. The minimum absolute atomic E-state index is 0.0910. The maximum absolute atomic E-state index is 11.8. The van der Waals surface area contributed by atoms with E-state index in [2.05, 4.69) is 71.5 Å². The number of fused-ring (bicyclic) bond motifs is 1. The number of rotatable bonds is 4. The Labute approximate surface area is 204 Å². The molecule has 0 aromatic heterocycles. The first kappa shape index (κ1) is 23.4. The molecule has 0 radical (unpaired) electrons. The van der Waals surface area contributed by atoms with Gasteiger partial charge in [-0.15, -0.1) is 6.42 Å². The molecule has 3 fully saturated rings. The highest BCUT2D eigenvalue weighted by Gasteiger charge is 2.63. The lowest BCUT2D eigenvalue weighted by Crippen LogP contribution is -2.56. The Bertz CT molecular complexity index is 976. The molecule has 3 nitrogen and oxygen atoms in total. The van der Waals surface area contributed by atoms with Crippen LogP contribution in [0.2, 0.25) is 0 Å². The number of nitrogens with zero attached hydrogens (tertiary/aromatic N) is 1. The second-order valence-corrected chi connectivity index (χ2v) is 15.3. The van der Waals surface area contributed by atoms with Crippen LogP contribution in [-0.2, 0) is 4.74 Å². The molecule has 6 unspecified atom stereocenters. The molecule has 0 bridgehead atoms. The molecule has 1 saturated carbocycles. The number of morpholine rings is 1. The minimum Gasteiger partial charge on any atom is -0.379 e. The van der Waals surface area contributed by atoms with Crippen LogP contribution in [0.1, 0.15) is 30.5 Å². The van der Waals surface area contributed by atoms with Gasteiger partial charge >= 0.3 is 0 Å². The minimum atomic E-state index is -1.87. The van der Waals surface area contributed by atoms with Crippen LogP contribution in [0.25, 0.3) is 0 Å². The predicted octanol–water partition coefficient (Wildman–Crippen LogP) is 4.66. The zero-order chi connectivity index (χ0) is 22.9. The molecule has 6 atom stereocenters. The monoisotopic (exact) mass is 480 g/mol. The van der Waals surface area contributed by atoms with Gasteiger partial charge in [0.2, 0.25) is 0 Å². The number of aliphatic hydroxyl groups is 1. The van der Waals surface area contributed by atoms with E-state index in [4.69, 9.17) is 23.4 Å². The molecule has 2 aromatic carbocycles. The van der Waals surface area contributed by atoms with Crippen LogP contribution in [-0.4, -0.2) is 54.6 Å². The van der Waals surface area contributed by atoms with Gasteiger partial charge in [0.15, 0.2) is 0 Å². The second-order valence-electron chi connectivity index (χ2n) is 10.0. The predicted molar refractivity (Wildman–Crippen MR) is 141 cm³/mol. The Kier molecular flexibility index (Phi) is 6.90. The third kappa shape index (κ3) is 4.40. The Morgan fingerprint density at radius 3 is 2.42 bits per heavy atom. The molecular weight excluding hydrogens is 445 g/mol. The Morgan fingerprint density at radius 1 is 1.09 bits per heavy atom. The average Bonchev–Trinajstić information content (AvgIpc) is 2.86. The van der Waals surface area contributed by atoms with Crippen LogP contribution >= 0.6 is 18.7 Å². The van der Waals surface area contributed by atoms with Crippen LogP contribution in [0.3, 0.4) is 0 Å². The maximum Gasteiger partial charge on any atom is 0.128 e. The highest BCUT2D eigenvalue weighted by molar-refractivity contribution is 8.55. The van der Waals surface area contributed by atoms with Gasteiger partial charge in [-0.25, -0.2) is 0 Å². The topological polar surface area (TPSA) is 32.7 Å². The molecule has 0 spiro atoms. The molecule has 0 amide bonds. The van der Waals surface area contributed by atoms with E-state index in [0.717, 1.165) is 51.9 Å². The van der Waals surface area contributed by atoms with Crippen molar-refractivity contribution >= 4 is 24.0 Å². The lowest BCUT2D eigenvalue weighted by molar-refractivity contribution is -0.0663. The summed E-state index contributed by atoms with van der Waals surface area (Å²) in [5, 5.41) is 13.2. The zero-order valence-corrected chi connectivity index (χ0v) is 21.0. The molecule has 5 heteroatoms. The smallest absolute Gasteiger partial charge is 0.128 e. The van der Waals surface area contributed by atoms with Crippen LogP contribution in [0.5, 0.6) is 0 Å². The highest BCUT2D eigenvalue weighted by Crippen LogP contribution is 2.80. The van der Waals surface area contributed by atoms with E-state index < -0.39 is 12.1 Å². The summed E-state index contributed by atoms with van der Waals surface area (Å²) in [4.78, 5) is 2.53. The first-order valence-electron chi connectivity index (χ1n) is 12.3. The van der Waals surface area contributed by atoms with Crippen molar-refractivity contribution < 1.29 is 9.84 Å². The molecule has 1 N–H and O–H groups in total. The van der Waals surface area contributed by atoms with Crippen molar-refractivity contribution in [1.82, 2.24) is 4.90 Å². The van der Waals surface area contributed by atoms with Crippen molar-refractivity contribution in [2.75, 3.05) is 39.0 Å². The van der Waals surface area contributed by atoms with E-state index in [-0.39, 0.29) is 17.5 Å². The van der Waals surface area contributed by atoms with E-state index in [9.17, 15) is 5.11 Å². The molecule has 33 heavy (non-hydrogen) atoms. The summed E-state index contributed by atoms with van der Waals surface area (Å²) >= 11 is 5.66. The largest absolute Gasteiger partial charge is 0.379 e. The van der Waals surface area contributed by atoms with E-state index in [1.807, 2.05) is 0 Å². The quantitative estimate of drug-likeness (QED) is 0.379. The average molecular weight is 481 g/mol. The van der Waals surface area contributed by atoms with Crippen LogP contribution in [0.15, 0.2) is 60.7 Å². The van der Waals surface area contributed by atoms with Gasteiger partial charge in [-0.2, -0.15) is 0 Å². The third-order valence-corrected chi connectivity index (χ3v) is 13.9. The Balaban J connectivity index is 1.66. The molecule has 174 valence electrons. The van der Waals surface area contributed by atoms with Gasteiger partial charge in [0.1, 0.15) is 23.0 Å². The molecule has 2 aromatic rings. The van der Waals surface area contributed by atoms with Gasteiger partial charge in [-0.3, -0.25) is 4.90 Å². The third-order valence-electron chi connectivity index (χ3n) is 8.20. The van der Waals surface area contributed by atoms with Crippen molar-refractivity contribution in [3.05, 3.63) is 66.2 Å². The van der Waals surface area contributed by atoms with E-state index in [1.54, 1.807) is 0 Å². The van der Waals surface area contributed by atoms with Crippen LogP contribution in [0, 0.1) is 30.1 Å². The van der Waals surface area contributed by atoms with Crippen molar-refractivity contribution in [3.8, 4) is 12.3 Å². The molecule has 3 aliphatic rings. The summed E-state index contributed by atoms with van der Waals surface area (Å²) in [6, 6.07) is 21.9. The summed E-state index contributed by atoms with van der Waals surface area (Å²) < 4.78 is 5.65. The summed E-state index contributed by atoms with van der Waals surface area (Å²) in [6.07, 6.45) is 9.92. The fourth-order valence-corrected chi connectivity index (χ4v) is 12.9. The fraction of sp³-hybridized carbons (Fsp3) is 0.500. The number of terminal acetylenes is 1. The summed E-state index contributed by atoms with van der Waals surface area (Å²) in [5.41, 5.74) is 0.556. The molecule has 2 saturated heterocycles. The standard InChI is InChI=1S/C28H35NO2PS/c1-2-28(30)15-9-12-23-21-32(33,24-13-7-4-8-14-24)27(22-10-5-3-6-11-22)25(26(23)28)20-29-16-18-31-19-17-29/h1,3-8,10-11,13-14,23,25-27,30,33H,9,12,15-21H2/q+1. The molecule has 2 aliphatic heterocycles. The zero-order valence-electron chi connectivity index (χ0n) is 19.2. The van der Waals surface area contributed by atoms with Gasteiger partial charge in [0.05, 0.1) is 19.4 Å². The maximum atomic E-state index is 11.8. The van der Waals surface area contributed by atoms with E-state index >= 15 is 0 Å². The van der Waals surface area contributed by atoms with Gasteiger partial charge in [0, 0.05) is 49.6 Å². The fourth-order valence-electron chi connectivity index (χ4n) is 6.82. The first-order chi connectivity index (χ1) is 16.0. The van der Waals surface area contributed by atoms with Crippen molar-refractivity contribution in [2.45, 2.75) is 30.5 Å². The van der Waals surface area contributed by atoms with Gasteiger partial charge in [-0.1, -0.05) is 54.5 Å². The van der Waals surface area contributed by atoms with Crippen LogP contribution in [0.4, 0.5) is 0 Å². The second kappa shape index (κ2) is 9.73. The normalized spacial score (nSPS) is 37.1. The number of hydrogen-bond acceptors (Lipinski definition) is 4. The molecule has 1 aliphatic carbocycles. The van der Waals surface area contributed by atoms with Crippen molar-refractivity contribution in [3.63, 3.8) is 0 Å². The van der Waals surface area contributed by atoms with E-state index in [0.29, 0.717) is 12.3 Å². The number of benzene rings is 2. The van der Waals surface area contributed by atoms with Crippen molar-refractivity contribution in [1.29, 1.82) is 0 Å². The summed E-state index contributed by atoms with van der Waals surface area (Å²) in [6.45, 7) is 2.49.